The van der Waals surface area contributed by atoms with E-state index < -0.39 is 0 Å². The molecule has 0 aliphatic carbocycles. The monoisotopic (exact) mass is 187 g/mol. The largest absolute Gasteiger partial charge is 0.379 e. The standard InChI is InChI=1S/C10H21NO2/c1-3-12-8-9-13-10-4-6-11(2)7-5-10/h10H,3-9H2,1-2H3. The van der Waals surface area contributed by atoms with Crippen molar-refractivity contribution >= 4 is 0 Å². The Morgan fingerprint density at radius 1 is 1.23 bits per heavy atom. The molecule has 1 aliphatic heterocycles. The highest BCUT2D eigenvalue weighted by atomic mass is 16.5. The molecule has 0 atom stereocenters. The van der Waals surface area contributed by atoms with Gasteiger partial charge in [-0.15, -0.1) is 0 Å². The third-order valence-electron chi connectivity index (χ3n) is 2.45. The van der Waals surface area contributed by atoms with E-state index in [1.54, 1.807) is 0 Å². The molecule has 0 radical (unpaired) electrons. The summed E-state index contributed by atoms with van der Waals surface area (Å²) >= 11 is 0. The van der Waals surface area contributed by atoms with Gasteiger partial charge in [0.05, 0.1) is 19.3 Å². The molecule has 0 aromatic rings. The van der Waals surface area contributed by atoms with Crippen LogP contribution in [0, 0.1) is 0 Å². The zero-order valence-corrected chi connectivity index (χ0v) is 8.79. The summed E-state index contributed by atoms with van der Waals surface area (Å²) in [7, 11) is 2.16. The van der Waals surface area contributed by atoms with Crippen molar-refractivity contribution in [2.45, 2.75) is 25.9 Å². The van der Waals surface area contributed by atoms with Gasteiger partial charge in [-0.25, -0.2) is 0 Å². The summed E-state index contributed by atoms with van der Waals surface area (Å²) in [5.74, 6) is 0. The molecule has 1 heterocycles. The quantitative estimate of drug-likeness (QED) is 0.602. The van der Waals surface area contributed by atoms with Crippen molar-refractivity contribution in [1.29, 1.82) is 0 Å². The van der Waals surface area contributed by atoms with Crippen molar-refractivity contribution in [2.24, 2.45) is 0 Å². The number of likely N-dealkylation sites (tertiary alicyclic amines) is 1. The topological polar surface area (TPSA) is 21.7 Å². The van der Waals surface area contributed by atoms with Crippen LogP contribution < -0.4 is 0 Å². The number of ether oxygens (including phenoxy) is 2. The fourth-order valence-electron chi connectivity index (χ4n) is 1.57. The first-order chi connectivity index (χ1) is 6.33. The van der Waals surface area contributed by atoms with E-state index in [0.717, 1.165) is 19.8 Å². The molecule has 3 nitrogen and oxygen atoms in total. The van der Waals surface area contributed by atoms with E-state index >= 15 is 0 Å². The molecule has 1 fully saturated rings. The average Bonchev–Trinajstić information content (AvgIpc) is 2.15. The zero-order chi connectivity index (χ0) is 9.52. The predicted molar refractivity (Wildman–Crippen MR) is 53.0 cm³/mol. The molecule has 1 saturated heterocycles. The average molecular weight is 187 g/mol. The maximum absolute atomic E-state index is 5.68. The molecule has 13 heavy (non-hydrogen) atoms. The van der Waals surface area contributed by atoms with E-state index in [-0.39, 0.29) is 0 Å². The van der Waals surface area contributed by atoms with Crippen LogP contribution in [0.1, 0.15) is 19.8 Å². The third kappa shape index (κ3) is 4.60. The van der Waals surface area contributed by atoms with Crippen LogP contribution in [-0.4, -0.2) is 51.0 Å². The molecule has 1 aliphatic rings. The van der Waals surface area contributed by atoms with Crippen LogP contribution in [-0.2, 0) is 9.47 Å². The molecule has 78 valence electrons. The van der Waals surface area contributed by atoms with Gasteiger partial charge in [0.1, 0.15) is 0 Å². The van der Waals surface area contributed by atoms with Crippen molar-refractivity contribution in [3.8, 4) is 0 Å². The summed E-state index contributed by atoms with van der Waals surface area (Å²) in [5, 5.41) is 0. The second-order valence-corrected chi connectivity index (χ2v) is 3.57. The van der Waals surface area contributed by atoms with Crippen LogP contribution >= 0.6 is 0 Å². The summed E-state index contributed by atoms with van der Waals surface area (Å²) in [5.41, 5.74) is 0. The minimum Gasteiger partial charge on any atom is -0.379 e. The number of nitrogens with zero attached hydrogens (tertiary/aromatic N) is 1. The fourth-order valence-corrected chi connectivity index (χ4v) is 1.57. The van der Waals surface area contributed by atoms with Gasteiger partial charge in [-0.2, -0.15) is 0 Å². The van der Waals surface area contributed by atoms with Gasteiger partial charge in [-0.05, 0) is 26.8 Å². The highest BCUT2D eigenvalue weighted by molar-refractivity contribution is 4.69. The number of hydrogen-bond acceptors (Lipinski definition) is 3. The van der Waals surface area contributed by atoms with E-state index in [1.807, 2.05) is 6.92 Å². The van der Waals surface area contributed by atoms with E-state index in [2.05, 4.69) is 11.9 Å². The Labute approximate surface area is 81.0 Å². The summed E-state index contributed by atoms with van der Waals surface area (Å²) in [6, 6.07) is 0. The fraction of sp³-hybridized carbons (Fsp3) is 1.00. The molecule has 0 N–H and O–H groups in total. The van der Waals surface area contributed by atoms with Gasteiger partial charge in [0.2, 0.25) is 0 Å². The van der Waals surface area contributed by atoms with Crippen molar-refractivity contribution in [3.63, 3.8) is 0 Å². The van der Waals surface area contributed by atoms with Crippen molar-refractivity contribution in [1.82, 2.24) is 4.90 Å². The molecular weight excluding hydrogens is 166 g/mol. The Morgan fingerprint density at radius 2 is 1.92 bits per heavy atom. The summed E-state index contributed by atoms with van der Waals surface area (Å²) < 4.78 is 10.9. The Morgan fingerprint density at radius 3 is 2.54 bits per heavy atom. The van der Waals surface area contributed by atoms with E-state index in [1.165, 1.54) is 25.9 Å². The van der Waals surface area contributed by atoms with Crippen LogP contribution in [0.25, 0.3) is 0 Å². The molecule has 0 spiro atoms. The second-order valence-electron chi connectivity index (χ2n) is 3.57. The van der Waals surface area contributed by atoms with Crippen molar-refractivity contribution in [3.05, 3.63) is 0 Å². The van der Waals surface area contributed by atoms with Crippen molar-refractivity contribution < 1.29 is 9.47 Å². The Bertz CT molecular complexity index is 122. The molecule has 0 aromatic carbocycles. The van der Waals surface area contributed by atoms with Gasteiger partial charge in [0.25, 0.3) is 0 Å². The van der Waals surface area contributed by atoms with Crippen molar-refractivity contribution in [2.75, 3.05) is 40.0 Å². The zero-order valence-electron chi connectivity index (χ0n) is 8.79. The van der Waals surface area contributed by atoms with Gasteiger partial charge in [0.15, 0.2) is 0 Å². The van der Waals surface area contributed by atoms with Crippen LogP contribution in [0.2, 0.25) is 0 Å². The minimum absolute atomic E-state index is 0.469. The first-order valence-electron chi connectivity index (χ1n) is 5.21. The Kier molecular flexibility index (Phi) is 5.35. The SMILES string of the molecule is CCOCCOC1CCN(C)CC1. The lowest BCUT2D eigenvalue weighted by atomic mass is 10.1. The van der Waals surface area contributed by atoms with Gasteiger partial charge >= 0.3 is 0 Å². The van der Waals surface area contributed by atoms with Crippen LogP contribution in [0.4, 0.5) is 0 Å². The van der Waals surface area contributed by atoms with Gasteiger partial charge < -0.3 is 14.4 Å². The first kappa shape index (κ1) is 11.0. The molecule has 0 aromatic heterocycles. The van der Waals surface area contributed by atoms with Crippen LogP contribution in [0.5, 0.6) is 0 Å². The lowest BCUT2D eigenvalue weighted by Gasteiger charge is -2.28. The highest BCUT2D eigenvalue weighted by Crippen LogP contribution is 2.11. The van der Waals surface area contributed by atoms with Crippen LogP contribution in [0.15, 0.2) is 0 Å². The Balaban J connectivity index is 1.96. The highest BCUT2D eigenvalue weighted by Gasteiger charge is 2.16. The van der Waals surface area contributed by atoms with Gasteiger partial charge in [-0.1, -0.05) is 0 Å². The first-order valence-corrected chi connectivity index (χ1v) is 5.21. The molecule has 3 heteroatoms. The maximum Gasteiger partial charge on any atom is 0.0704 e. The molecular formula is C10H21NO2. The van der Waals surface area contributed by atoms with Crippen LogP contribution in [0.3, 0.4) is 0 Å². The molecule has 0 unspecified atom stereocenters. The lowest BCUT2D eigenvalue weighted by molar-refractivity contribution is -0.0175. The minimum atomic E-state index is 0.469. The lowest BCUT2D eigenvalue weighted by Crippen LogP contribution is -2.34. The summed E-state index contributed by atoms with van der Waals surface area (Å²) in [6.45, 7) is 6.62. The number of rotatable bonds is 5. The van der Waals surface area contributed by atoms with Gasteiger partial charge in [0, 0.05) is 19.7 Å². The third-order valence-corrected chi connectivity index (χ3v) is 2.45. The molecule has 0 bridgehead atoms. The Hall–Kier alpha value is -0.120. The summed E-state index contributed by atoms with van der Waals surface area (Å²) in [6.07, 6.45) is 2.81. The maximum atomic E-state index is 5.68. The normalized spacial score (nSPS) is 20.8. The second kappa shape index (κ2) is 6.35. The smallest absolute Gasteiger partial charge is 0.0704 e. The van der Waals surface area contributed by atoms with E-state index in [0.29, 0.717) is 6.10 Å². The van der Waals surface area contributed by atoms with Gasteiger partial charge in [-0.3, -0.25) is 0 Å². The molecule has 1 rings (SSSR count). The summed E-state index contributed by atoms with van der Waals surface area (Å²) in [4.78, 5) is 2.35. The number of piperidine rings is 1. The number of hydrogen-bond donors (Lipinski definition) is 0. The molecule has 0 amide bonds. The predicted octanol–water partition coefficient (Wildman–Crippen LogP) is 1.13. The van der Waals surface area contributed by atoms with E-state index in [4.69, 9.17) is 9.47 Å². The molecule has 0 saturated carbocycles. The van der Waals surface area contributed by atoms with E-state index in [9.17, 15) is 0 Å².